The van der Waals surface area contributed by atoms with Gasteiger partial charge in [0, 0.05) is 17.2 Å². The second-order valence-corrected chi connectivity index (χ2v) is 9.58. The first kappa shape index (κ1) is 24.0. The minimum atomic E-state index is -0.585. The van der Waals surface area contributed by atoms with Crippen LogP contribution >= 0.6 is 47.2 Å². The summed E-state index contributed by atoms with van der Waals surface area (Å²) in [6, 6.07) is 12.3. The van der Waals surface area contributed by atoms with E-state index in [2.05, 4.69) is 5.43 Å². The Bertz CT molecular complexity index is 1400. The van der Waals surface area contributed by atoms with E-state index in [4.69, 9.17) is 39.8 Å². The summed E-state index contributed by atoms with van der Waals surface area (Å²) in [6.07, 6.45) is 1.44. The van der Waals surface area contributed by atoms with Gasteiger partial charge in [0.05, 0.1) is 26.0 Å². The fourth-order valence-corrected chi connectivity index (χ4v) is 4.75. The van der Waals surface area contributed by atoms with Crippen LogP contribution in [0.25, 0.3) is 17.4 Å². The Morgan fingerprint density at radius 1 is 1.21 bits per heavy atom. The fourth-order valence-electron chi connectivity index (χ4n) is 3.10. The van der Waals surface area contributed by atoms with E-state index in [1.807, 2.05) is 6.92 Å². The molecule has 0 atom stereocenters. The maximum absolute atomic E-state index is 12.8. The third-order valence-corrected chi connectivity index (χ3v) is 6.55. The van der Waals surface area contributed by atoms with Crippen LogP contribution in [-0.4, -0.2) is 26.1 Å². The van der Waals surface area contributed by atoms with Crippen molar-refractivity contribution in [2.24, 2.45) is 0 Å². The molecular weight excluding hydrogens is 521 g/mol. The van der Waals surface area contributed by atoms with Gasteiger partial charge in [0.2, 0.25) is 0 Å². The number of aryl methyl sites for hydroxylation is 1. The summed E-state index contributed by atoms with van der Waals surface area (Å²) >= 11 is 18.2. The molecule has 0 bridgehead atoms. The van der Waals surface area contributed by atoms with Crippen LogP contribution in [-0.2, 0) is 4.79 Å². The molecule has 1 aliphatic rings. The number of nitrogens with zero attached hydrogens (tertiary/aromatic N) is 2. The molecule has 3 aromatic rings. The van der Waals surface area contributed by atoms with Crippen molar-refractivity contribution in [3.63, 3.8) is 0 Å². The lowest BCUT2D eigenvalue weighted by Crippen LogP contribution is -2.44. The highest BCUT2D eigenvalue weighted by molar-refractivity contribution is 8.26. The van der Waals surface area contributed by atoms with Crippen molar-refractivity contribution < 1.29 is 18.9 Å². The van der Waals surface area contributed by atoms with Crippen LogP contribution in [0.15, 0.2) is 57.9 Å². The molecule has 34 heavy (non-hydrogen) atoms. The molecular formula is C22H13Cl2N3O5S2. The number of thioether (sulfide) groups is 1. The number of hydrogen-bond donors (Lipinski definition) is 1. The monoisotopic (exact) mass is 533 g/mol. The summed E-state index contributed by atoms with van der Waals surface area (Å²) < 4.78 is 5.82. The number of thiocarbonyl (C=S) groups is 1. The van der Waals surface area contributed by atoms with Crippen molar-refractivity contribution in [3.8, 4) is 11.3 Å². The van der Waals surface area contributed by atoms with Crippen LogP contribution in [0.4, 0.5) is 5.69 Å². The number of nitro groups is 1. The predicted molar refractivity (Wildman–Crippen MR) is 134 cm³/mol. The molecule has 4 rings (SSSR count). The van der Waals surface area contributed by atoms with E-state index in [-0.39, 0.29) is 47.6 Å². The van der Waals surface area contributed by atoms with E-state index in [1.165, 1.54) is 24.3 Å². The Morgan fingerprint density at radius 3 is 2.68 bits per heavy atom. The van der Waals surface area contributed by atoms with Crippen molar-refractivity contribution in [1.82, 2.24) is 10.4 Å². The SMILES string of the molecule is Cc1ccc(C(=O)NN2C(=O)/C(=C\c3ccc(-c4ccc(Cl)cc4[N+](=O)[O-])o3)SC2=S)c(Cl)c1. The number of hydrogen-bond acceptors (Lipinski definition) is 7. The van der Waals surface area contributed by atoms with Crippen LogP contribution in [0.5, 0.6) is 0 Å². The van der Waals surface area contributed by atoms with Crippen LogP contribution in [0.3, 0.4) is 0 Å². The number of benzene rings is 2. The summed E-state index contributed by atoms with van der Waals surface area (Å²) in [4.78, 5) is 36.4. The third-order valence-electron chi connectivity index (χ3n) is 4.70. The molecule has 8 nitrogen and oxygen atoms in total. The molecule has 0 spiro atoms. The first-order valence-electron chi connectivity index (χ1n) is 9.53. The summed E-state index contributed by atoms with van der Waals surface area (Å²) in [5, 5.41) is 12.8. The number of carbonyl (C=O) groups is 2. The highest BCUT2D eigenvalue weighted by Gasteiger charge is 2.34. The lowest BCUT2D eigenvalue weighted by atomic mass is 10.1. The Morgan fingerprint density at radius 2 is 1.97 bits per heavy atom. The van der Waals surface area contributed by atoms with E-state index in [9.17, 15) is 19.7 Å². The number of hydrazine groups is 1. The second kappa shape index (κ2) is 9.59. The molecule has 2 aromatic carbocycles. The van der Waals surface area contributed by atoms with Crippen molar-refractivity contribution in [2.45, 2.75) is 6.92 Å². The minimum Gasteiger partial charge on any atom is -0.456 e. The number of carbonyl (C=O) groups excluding carboxylic acids is 2. The van der Waals surface area contributed by atoms with Gasteiger partial charge in [-0.3, -0.25) is 25.1 Å². The van der Waals surface area contributed by atoms with E-state index >= 15 is 0 Å². The Hall–Kier alpha value is -3.18. The molecule has 1 N–H and O–H groups in total. The summed E-state index contributed by atoms with van der Waals surface area (Å²) in [5.41, 5.74) is 3.58. The minimum absolute atomic E-state index is 0.118. The summed E-state index contributed by atoms with van der Waals surface area (Å²) in [7, 11) is 0. The number of halogens is 2. The molecule has 0 unspecified atom stereocenters. The van der Waals surface area contributed by atoms with Crippen molar-refractivity contribution in [2.75, 3.05) is 0 Å². The van der Waals surface area contributed by atoms with Gasteiger partial charge in [0.15, 0.2) is 4.32 Å². The molecule has 1 fully saturated rings. The van der Waals surface area contributed by atoms with E-state index in [0.29, 0.717) is 0 Å². The first-order valence-corrected chi connectivity index (χ1v) is 11.5. The molecule has 0 saturated carbocycles. The quantitative estimate of drug-likeness (QED) is 0.185. The molecule has 2 heterocycles. The second-order valence-electron chi connectivity index (χ2n) is 7.06. The maximum atomic E-state index is 12.8. The average molecular weight is 534 g/mol. The Balaban J connectivity index is 1.55. The molecule has 1 aliphatic heterocycles. The number of nitrogens with one attached hydrogen (secondary N) is 1. The lowest BCUT2D eigenvalue weighted by Gasteiger charge is -2.16. The topological polar surface area (TPSA) is 106 Å². The molecule has 0 aliphatic carbocycles. The van der Waals surface area contributed by atoms with E-state index in [1.54, 1.807) is 30.3 Å². The van der Waals surface area contributed by atoms with Gasteiger partial charge in [-0.15, -0.1) is 0 Å². The number of furan rings is 1. The lowest BCUT2D eigenvalue weighted by molar-refractivity contribution is -0.384. The van der Waals surface area contributed by atoms with Gasteiger partial charge in [-0.25, -0.2) is 0 Å². The number of amides is 2. The van der Waals surface area contributed by atoms with E-state index in [0.717, 1.165) is 22.3 Å². The van der Waals surface area contributed by atoms with E-state index < -0.39 is 16.7 Å². The summed E-state index contributed by atoms with van der Waals surface area (Å²) in [5.74, 6) is -0.639. The van der Waals surface area contributed by atoms with Gasteiger partial charge in [-0.1, -0.05) is 41.0 Å². The molecule has 0 radical (unpaired) electrons. The zero-order valence-electron chi connectivity index (χ0n) is 17.2. The third kappa shape index (κ3) is 4.85. The normalized spacial score (nSPS) is 14.7. The zero-order chi connectivity index (χ0) is 24.6. The smallest absolute Gasteiger partial charge is 0.285 e. The Labute approximate surface area is 212 Å². The van der Waals surface area contributed by atoms with Crippen LogP contribution < -0.4 is 5.43 Å². The number of rotatable bonds is 5. The van der Waals surface area contributed by atoms with Crippen molar-refractivity contribution in [3.05, 3.63) is 90.5 Å². The molecule has 1 aromatic heterocycles. The van der Waals surface area contributed by atoms with Crippen LogP contribution in [0.2, 0.25) is 10.0 Å². The van der Waals surface area contributed by atoms with Crippen molar-refractivity contribution in [1.29, 1.82) is 0 Å². The van der Waals surface area contributed by atoms with Gasteiger partial charge in [0.1, 0.15) is 11.5 Å². The average Bonchev–Trinajstić information content (AvgIpc) is 3.33. The van der Waals surface area contributed by atoms with Crippen molar-refractivity contribution >= 4 is 75.1 Å². The van der Waals surface area contributed by atoms with Gasteiger partial charge in [0.25, 0.3) is 17.5 Å². The predicted octanol–water partition coefficient (Wildman–Crippen LogP) is 6.02. The van der Waals surface area contributed by atoms with Gasteiger partial charge >= 0.3 is 0 Å². The maximum Gasteiger partial charge on any atom is 0.285 e. The molecule has 2 amide bonds. The van der Waals surface area contributed by atoms with Gasteiger partial charge in [-0.2, -0.15) is 5.01 Å². The highest BCUT2D eigenvalue weighted by Crippen LogP contribution is 2.36. The Kier molecular flexibility index (Phi) is 6.76. The summed E-state index contributed by atoms with van der Waals surface area (Å²) in [6.45, 7) is 1.84. The fraction of sp³-hybridized carbons (Fsp3) is 0.0455. The van der Waals surface area contributed by atoms with Crippen LogP contribution in [0.1, 0.15) is 21.7 Å². The molecule has 12 heteroatoms. The highest BCUT2D eigenvalue weighted by atomic mass is 35.5. The van der Waals surface area contributed by atoms with Gasteiger partial charge in [-0.05, 0) is 61.1 Å². The molecule has 172 valence electrons. The first-order chi connectivity index (χ1) is 16.1. The zero-order valence-corrected chi connectivity index (χ0v) is 20.3. The largest absolute Gasteiger partial charge is 0.456 e. The van der Waals surface area contributed by atoms with Crippen LogP contribution in [0, 0.1) is 17.0 Å². The number of nitro benzene ring substituents is 1. The van der Waals surface area contributed by atoms with Gasteiger partial charge < -0.3 is 4.42 Å². The standard InChI is InChI=1S/C22H13Cl2N3O5S2/c1-11-2-5-14(16(24)8-11)20(28)25-26-21(29)19(34-22(26)33)10-13-4-7-18(32-13)15-6-3-12(23)9-17(15)27(30)31/h2-10H,1H3,(H,25,28)/b19-10+. The molecule has 1 saturated heterocycles.